The number of rotatable bonds is 5. The third kappa shape index (κ3) is 4.87. The number of hydrogen-bond acceptors (Lipinski definition) is 5. The molecule has 0 amide bonds. The minimum atomic E-state index is 0.612. The molecule has 50 heavy (non-hydrogen) atoms. The van der Waals surface area contributed by atoms with Crippen molar-refractivity contribution < 1.29 is 4.42 Å². The molecule has 234 valence electrons. The maximum atomic E-state index is 6.34. The molecule has 0 unspecified atom stereocenters. The van der Waals surface area contributed by atoms with Crippen molar-refractivity contribution in [3.05, 3.63) is 164 Å². The van der Waals surface area contributed by atoms with E-state index in [2.05, 4.69) is 84.9 Å². The topological polar surface area (TPSA) is 51.8 Å². The van der Waals surface area contributed by atoms with Gasteiger partial charge in [0, 0.05) is 47.6 Å². The maximum Gasteiger partial charge on any atom is 0.164 e. The minimum Gasteiger partial charge on any atom is -0.456 e. The highest BCUT2D eigenvalue weighted by atomic mass is 32.1. The molecule has 0 saturated heterocycles. The fourth-order valence-electron chi connectivity index (χ4n) is 6.89. The van der Waals surface area contributed by atoms with Gasteiger partial charge in [0.05, 0.1) is 0 Å². The van der Waals surface area contributed by atoms with Crippen LogP contribution in [0.1, 0.15) is 0 Å². The number of benzene rings is 7. The number of thiophene rings is 1. The smallest absolute Gasteiger partial charge is 0.164 e. The normalized spacial score (nSPS) is 11.6. The third-order valence-electron chi connectivity index (χ3n) is 9.36. The average molecular weight is 658 g/mol. The lowest BCUT2D eigenvalue weighted by atomic mass is 9.93. The summed E-state index contributed by atoms with van der Waals surface area (Å²) in [7, 11) is 0. The lowest BCUT2D eigenvalue weighted by Crippen LogP contribution is -2.01. The van der Waals surface area contributed by atoms with Gasteiger partial charge < -0.3 is 4.42 Å². The van der Waals surface area contributed by atoms with Gasteiger partial charge in [-0.15, -0.1) is 11.3 Å². The van der Waals surface area contributed by atoms with Crippen LogP contribution in [0, 0.1) is 0 Å². The molecule has 0 radical (unpaired) electrons. The molecule has 4 nitrogen and oxygen atoms in total. The summed E-state index contributed by atoms with van der Waals surface area (Å²) in [5.41, 5.74) is 8.79. The molecule has 10 aromatic rings. The van der Waals surface area contributed by atoms with Gasteiger partial charge in [0.15, 0.2) is 17.5 Å². The summed E-state index contributed by atoms with van der Waals surface area (Å²) < 4.78 is 8.91. The number of furan rings is 1. The number of nitrogens with zero attached hydrogens (tertiary/aromatic N) is 3. The molecule has 0 N–H and O–H groups in total. The lowest BCUT2D eigenvalue weighted by Gasteiger charge is -2.14. The van der Waals surface area contributed by atoms with Crippen LogP contribution in [-0.4, -0.2) is 15.0 Å². The molecular formula is C45H27N3OS. The molecule has 3 aromatic heterocycles. The van der Waals surface area contributed by atoms with E-state index in [9.17, 15) is 0 Å². The van der Waals surface area contributed by atoms with E-state index in [-0.39, 0.29) is 0 Å². The van der Waals surface area contributed by atoms with Crippen molar-refractivity contribution in [2.45, 2.75) is 0 Å². The Balaban J connectivity index is 1.21. The van der Waals surface area contributed by atoms with Crippen LogP contribution in [-0.2, 0) is 0 Å². The van der Waals surface area contributed by atoms with Gasteiger partial charge in [0.2, 0.25) is 0 Å². The van der Waals surface area contributed by atoms with E-state index < -0.39 is 0 Å². The summed E-state index contributed by atoms with van der Waals surface area (Å²) >= 11 is 1.83. The van der Waals surface area contributed by atoms with Crippen LogP contribution in [0.15, 0.2) is 168 Å². The number of fused-ring (bicyclic) bond motifs is 6. The van der Waals surface area contributed by atoms with Gasteiger partial charge in [-0.05, 0) is 64.7 Å². The van der Waals surface area contributed by atoms with E-state index in [1.165, 1.54) is 20.2 Å². The number of hydrogen-bond donors (Lipinski definition) is 0. The first-order valence-corrected chi connectivity index (χ1v) is 17.4. The third-order valence-corrected chi connectivity index (χ3v) is 10.5. The summed E-state index contributed by atoms with van der Waals surface area (Å²) in [6.07, 6.45) is 0. The summed E-state index contributed by atoms with van der Waals surface area (Å²) in [5.74, 6) is 1.87. The van der Waals surface area contributed by atoms with E-state index in [0.717, 1.165) is 60.9 Å². The van der Waals surface area contributed by atoms with Crippen LogP contribution in [0.4, 0.5) is 0 Å². The standard InChI is InChI=1S/C45H27N3OS/c1-3-11-28(12-4-1)43-46-44(29-13-5-2-6-14-29)48-45(47-43)38-26-30(31-21-24-42-37(25-31)36-16-8-10-18-41(36)50-42)19-22-33(38)32-20-23-35-34-15-7-9-17-39(34)49-40(35)27-32/h1-27H. The van der Waals surface area contributed by atoms with Crippen LogP contribution >= 0.6 is 11.3 Å². The summed E-state index contributed by atoms with van der Waals surface area (Å²) in [5, 5.41) is 4.75. The summed E-state index contributed by atoms with van der Waals surface area (Å²) in [6.45, 7) is 0. The molecule has 7 aromatic carbocycles. The highest BCUT2D eigenvalue weighted by Crippen LogP contribution is 2.41. The molecule has 5 heteroatoms. The Morgan fingerprint density at radius 3 is 1.70 bits per heavy atom. The van der Waals surface area contributed by atoms with E-state index >= 15 is 0 Å². The van der Waals surface area contributed by atoms with Gasteiger partial charge in [-0.1, -0.05) is 121 Å². The highest BCUT2D eigenvalue weighted by molar-refractivity contribution is 7.25. The van der Waals surface area contributed by atoms with Crippen molar-refractivity contribution in [1.29, 1.82) is 0 Å². The Bertz CT molecular complexity index is 2820. The Labute approximate surface area is 292 Å². The molecule has 0 spiro atoms. The van der Waals surface area contributed by atoms with E-state index in [0.29, 0.717) is 17.5 Å². The SMILES string of the molecule is c1ccc(-c2nc(-c3ccccc3)nc(-c3cc(-c4ccc5sc6ccccc6c5c4)ccc3-c3ccc4c(c3)oc3ccccc34)n2)cc1. The first-order chi connectivity index (χ1) is 24.7. The van der Waals surface area contributed by atoms with Crippen molar-refractivity contribution in [3.63, 3.8) is 0 Å². The van der Waals surface area contributed by atoms with Gasteiger partial charge >= 0.3 is 0 Å². The molecule has 0 atom stereocenters. The van der Waals surface area contributed by atoms with E-state index in [4.69, 9.17) is 19.4 Å². The zero-order valence-electron chi connectivity index (χ0n) is 26.7. The van der Waals surface area contributed by atoms with Crippen LogP contribution in [0.3, 0.4) is 0 Å². The van der Waals surface area contributed by atoms with Gasteiger partial charge in [-0.2, -0.15) is 0 Å². The largest absolute Gasteiger partial charge is 0.456 e. The fourth-order valence-corrected chi connectivity index (χ4v) is 7.98. The molecule has 0 aliphatic heterocycles. The van der Waals surface area contributed by atoms with Crippen molar-refractivity contribution in [1.82, 2.24) is 15.0 Å². The van der Waals surface area contributed by atoms with E-state index in [1.807, 2.05) is 90.2 Å². The maximum absolute atomic E-state index is 6.34. The molecule has 3 heterocycles. The second kappa shape index (κ2) is 11.6. The Kier molecular flexibility index (Phi) is 6.64. The Hall–Kier alpha value is -6.43. The fraction of sp³-hybridized carbons (Fsp3) is 0. The van der Waals surface area contributed by atoms with Gasteiger partial charge in [0.1, 0.15) is 11.2 Å². The number of para-hydroxylation sites is 1. The van der Waals surface area contributed by atoms with E-state index in [1.54, 1.807) is 0 Å². The van der Waals surface area contributed by atoms with Crippen LogP contribution in [0.2, 0.25) is 0 Å². The molecule has 0 bridgehead atoms. The van der Waals surface area contributed by atoms with Gasteiger partial charge in [-0.3, -0.25) is 0 Å². The summed E-state index contributed by atoms with van der Waals surface area (Å²) in [6, 6.07) is 56.9. The summed E-state index contributed by atoms with van der Waals surface area (Å²) in [4.78, 5) is 15.3. The number of aromatic nitrogens is 3. The lowest BCUT2D eigenvalue weighted by molar-refractivity contribution is 0.669. The zero-order valence-corrected chi connectivity index (χ0v) is 27.6. The predicted molar refractivity (Wildman–Crippen MR) is 207 cm³/mol. The van der Waals surface area contributed by atoms with Crippen molar-refractivity contribution >= 4 is 53.4 Å². The molecule has 0 saturated carbocycles. The molecular weight excluding hydrogens is 631 g/mol. The minimum absolute atomic E-state index is 0.612. The first-order valence-electron chi connectivity index (χ1n) is 16.6. The average Bonchev–Trinajstić information content (AvgIpc) is 3.76. The molecule has 10 rings (SSSR count). The quantitative estimate of drug-likeness (QED) is 0.185. The first kappa shape index (κ1) is 28.6. The van der Waals surface area contributed by atoms with Crippen LogP contribution in [0.5, 0.6) is 0 Å². The van der Waals surface area contributed by atoms with Gasteiger partial charge in [0.25, 0.3) is 0 Å². The monoisotopic (exact) mass is 657 g/mol. The van der Waals surface area contributed by atoms with Crippen molar-refractivity contribution in [2.75, 3.05) is 0 Å². The van der Waals surface area contributed by atoms with Crippen molar-refractivity contribution in [2.24, 2.45) is 0 Å². The van der Waals surface area contributed by atoms with Gasteiger partial charge in [-0.25, -0.2) is 15.0 Å². The van der Waals surface area contributed by atoms with Crippen molar-refractivity contribution in [3.8, 4) is 56.4 Å². The molecule has 0 fully saturated rings. The predicted octanol–water partition coefficient (Wildman–Crippen LogP) is 12.5. The second-order valence-corrected chi connectivity index (χ2v) is 13.5. The molecule has 0 aliphatic rings. The molecule has 0 aliphatic carbocycles. The Morgan fingerprint density at radius 2 is 0.920 bits per heavy atom. The second-order valence-electron chi connectivity index (χ2n) is 12.4. The zero-order chi connectivity index (χ0) is 33.0. The highest BCUT2D eigenvalue weighted by Gasteiger charge is 2.18. The Morgan fingerprint density at radius 1 is 0.340 bits per heavy atom. The van der Waals surface area contributed by atoms with Crippen LogP contribution < -0.4 is 0 Å². The van der Waals surface area contributed by atoms with Crippen LogP contribution in [0.25, 0.3) is 98.5 Å².